The first-order valence-corrected chi connectivity index (χ1v) is 3.57. The molecule has 0 aromatic carbocycles. The quantitative estimate of drug-likeness (QED) is 0.458. The van der Waals surface area contributed by atoms with Crippen LogP contribution in [0.4, 0.5) is 0 Å². The topological polar surface area (TPSA) is 17.3 Å². The van der Waals surface area contributed by atoms with E-state index in [4.69, 9.17) is 0 Å². The summed E-state index contributed by atoms with van der Waals surface area (Å²) in [7, 11) is 2.16. The zero-order valence-electron chi connectivity index (χ0n) is 7.46. The molecule has 1 aliphatic heterocycles. The molecule has 2 atom stereocenters. The summed E-state index contributed by atoms with van der Waals surface area (Å²) >= 11 is 0. The molecule has 0 spiro atoms. The van der Waals surface area contributed by atoms with E-state index in [2.05, 4.69) is 31.1 Å². The molecule has 0 aromatic heterocycles. The van der Waals surface area contributed by atoms with Crippen molar-refractivity contribution in [3.05, 3.63) is 5.32 Å². The average molecular weight is 213 g/mol. The molecule has 3 heteroatoms. The monoisotopic (exact) mass is 212 g/mol. The van der Waals surface area contributed by atoms with Gasteiger partial charge in [0.25, 0.3) is 0 Å². The molecule has 1 rings (SSSR count). The molecule has 0 N–H and O–H groups in total. The van der Waals surface area contributed by atoms with Gasteiger partial charge in [-0.3, -0.25) is 0 Å². The maximum atomic E-state index is 4.42. The van der Waals surface area contributed by atoms with E-state index in [9.17, 15) is 0 Å². The van der Waals surface area contributed by atoms with Crippen LogP contribution in [0.1, 0.15) is 13.8 Å². The van der Waals surface area contributed by atoms with Crippen LogP contribution in [0.5, 0.6) is 0 Å². The van der Waals surface area contributed by atoms with E-state index in [-0.39, 0.29) is 58.2 Å². The molecule has 0 saturated carbocycles. The summed E-state index contributed by atoms with van der Waals surface area (Å²) in [5.41, 5.74) is 0. The van der Waals surface area contributed by atoms with Crippen LogP contribution in [0.3, 0.4) is 0 Å². The van der Waals surface area contributed by atoms with Crippen LogP contribution >= 0.6 is 0 Å². The van der Waals surface area contributed by atoms with E-state index in [0.29, 0.717) is 12.1 Å². The van der Waals surface area contributed by atoms with Gasteiger partial charge in [0.1, 0.15) is 0 Å². The summed E-state index contributed by atoms with van der Waals surface area (Å²) in [5.74, 6) is 0. The van der Waals surface area contributed by atoms with Gasteiger partial charge in [-0.25, -0.2) is 0 Å². The van der Waals surface area contributed by atoms with E-state index < -0.39 is 0 Å². The molecule has 0 amide bonds. The summed E-state index contributed by atoms with van der Waals surface area (Å²) in [6.07, 6.45) is 0. The fourth-order valence-electron chi connectivity index (χ4n) is 1.13. The van der Waals surface area contributed by atoms with Gasteiger partial charge in [0.05, 0.1) is 0 Å². The molecule has 1 heterocycles. The third kappa shape index (κ3) is 3.41. The van der Waals surface area contributed by atoms with Crippen LogP contribution in [-0.2, 0) is 0 Å². The number of hydrogen-bond acceptors (Lipinski definition) is 1. The van der Waals surface area contributed by atoms with Crippen LogP contribution in [0.15, 0.2) is 0 Å². The second kappa shape index (κ2) is 5.38. The van der Waals surface area contributed by atoms with E-state index in [0.717, 1.165) is 13.1 Å². The third-order valence-electron chi connectivity index (χ3n) is 1.99. The summed E-state index contributed by atoms with van der Waals surface area (Å²) in [5, 5.41) is 4.42. The summed E-state index contributed by atoms with van der Waals surface area (Å²) < 4.78 is 0. The Labute approximate surface area is 113 Å². The zero-order chi connectivity index (χ0) is 6.85. The largest absolute Gasteiger partial charge is 1.00 e. The molecule has 2 nitrogen and oxygen atoms in total. The first-order chi connectivity index (χ1) is 4.20. The van der Waals surface area contributed by atoms with Crippen molar-refractivity contribution in [2.75, 3.05) is 20.1 Å². The average Bonchev–Trinajstić information content (AvgIpc) is 1.80. The SMILES string of the molecule is CC1CN(C)C(C)C[N-]1.[Rb+]. The Hall–Kier alpha value is 1.73. The van der Waals surface area contributed by atoms with E-state index in [1.54, 1.807) is 0 Å². The Bertz CT molecular complexity index is 97.6. The fourth-order valence-corrected chi connectivity index (χ4v) is 1.13. The molecule has 54 valence electrons. The first-order valence-electron chi connectivity index (χ1n) is 3.57. The Kier molecular flexibility index (Phi) is 6.31. The van der Waals surface area contributed by atoms with Gasteiger partial charge in [-0.15, -0.1) is 12.6 Å². The molecule has 10 heavy (non-hydrogen) atoms. The van der Waals surface area contributed by atoms with Gasteiger partial charge in [0.2, 0.25) is 0 Å². The predicted molar refractivity (Wildman–Crippen MR) is 39.8 cm³/mol. The molecule has 1 aliphatic rings. The second-order valence-electron chi connectivity index (χ2n) is 3.00. The molecule has 1 saturated heterocycles. The molecule has 1 fully saturated rings. The summed E-state index contributed by atoms with van der Waals surface area (Å²) in [4.78, 5) is 2.36. The van der Waals surface area contributed by atoms with Gasteiger partial charge in [-0.1, -0.05) is 13.8 Å². The van der Waals surface area contributed by atoms with Crippen LogP contribution in [0.25, 0.3) is 5.32 Å². The summed E-state index contributed by atoms with van der Waals surface area (Å²) in [6, 6.07) is 1.20. The molecule has 0 bridgehead atoms. The van der Waals surface area contributed by atoms with Gasteiger partial charge in [-0.05, 0) is 19.6 Å². The smallest absolute Gasteiger partial charge is 0.657 e. The molecule has 2 unspecified atom stereocenters. The summed E-state index contributed by atoms with van der Waals surface area (Å²) in [6.45, 7) is 6.52. The van der Waals surface area contributed by atoms with Crippen molar-refractivity contribution in [1.82, 2.24) is 4.90 Å². The van der Waals surface area contributed by atoms with Crippen molar-refractivity contribution in [2.45, 2.75) is 25.9 Å². The van der Waals surface area contributed by atoms with Gasteiger partial charge in [0, 0.05) is 0 Å². The molecular weight excluding hydrogens is 198 g/mol. The van der Waals surface area contributed by atoms with Gasteiger partial charge in [0.15, 0.2) is 0 Å². The third-order valence-corrected chi connectivity index (χ3v) is 1.99. The number of piperazine rings is 1. The van der Waals surface area contributed by atoms with Gasteiger partial charge >= 0.3 is 58.2 Å². The Morgan fingerprint density at radius 2 is 2.00 bits per heavy atom. The van der Waals surface area contributed by atoms with Crippen LogP contribution in [0, 0.1) is 0 Å². The molecule has 0 aromatic rings. The van der Waals surface area contributed by atoms with E-state index in [1.165, 1.54) is 0 Å². The maximum absolute atomic E-state index is 4.42. The normalized spacial score (nSPS) is 35.1. The number of likely N-dealkylation sites (N-methyl/N-ethyl adjacent to an activating group) is 1. The standard InChI is InChI=1S/C7H15N2.Rb/c1-6-5-9(3)7(2)4-8-6;/h6-7H,4-5H2,1-3H3;/q-1;+1. The van der Waals surface area contributed by atoms with Crippen molar-refractivity contribution in [1.29, 1.82) is 0 Å². The van der Waals surface area contributed by atoms with Crippen molar-refractivity contribution in [3.8, 4) is 0 Å². The maximum Gasteiger partial charge on any atom is 1.00 e. The fraction of sp³-hybridized carbons (Fsp3) is 1.00. The number of hydrogen-bond donors (Lipinski definition) is 0. The van der Waals surface area contributed by atoms with Gasteiger partial charge in [-0.2, -0.15) is 0 Å². The minimum Gasteiger partial charge on any atom is -0.657 e. The minimum atomic E-state index is 0. The predicted octanol–water partition coefficient (Wildman–Crippen LogP) is -1.91. The molecule has 0 radical (unpaired) electrons. The number of nitrogens with zero attached hydrogens (tertiary/aromatic N) is 2. The number of rotatable bonds is 0. The molecule has 0 aliphatic carbocycles. The Balaban J connectivity index is 0.000000810. The van der Waals surface area contributed by atoms with Crippen molar-refractivity contribution in [2.24, 2.45) is 0 Å². The van der Waals surface area contributed by atoms with Crippen LogP contribution < -0.4 is 58.2 Å². The van der Waals surface area contributed by atoms with E-state index >= 15 is 0 Å². The van der Waals surface area contributed by atoms with Gasteiger partial charge < -0.3 is 10.2 Å². The second-order valence-corrected chi connectivity index (χ2v) is 3.00. The van der Waals surface area contributed by atoms with Crippen molar-refractivity contribution < 1.29 is 58.2 Å². The Morgan fingerprint density at radius 1 is 1.40 bits per heavy atom. The van der Waals surface area contributed by atoms with E-state index in [1.807, 2.05) is 0 Å². The Morgan fingerprint density at radius 3 is 2.40 bits per heavy atom. The first kappa shape index (κ1) is 11.7. The van der Waals surface area contributed by atoms with Crippen LogP contribution in [0.2, 0.25) is 0 Å². The zero-order valence-corrected chi connectivity index (χ0v) is 12.4. The molecular formula is C7H15N2Rb. The van der Waals surface area contributed by atoms with Crippen molar-refractivity contribution >= 4 is 0 Å². The van der Waals surface area contributed by atoms with Crippen molar-refractivity contribution in [3.63, 3.8) is 0 Å². The van der Waals surface area contributed by atoms with Crippen LogP contribution in [-0.4, -0.2) is 37.1 Å². The minimum absolute atomic E-state index is 0.